The number of carbonyl (C=O) groups is 1. The van der Waals surface area contributed by atoms with Gasteiger partial charge in [-0.05, 0) is 72.0 Å². The van der Waals surface area contributed by atoms with E-state index in [4.69, 9.17) is 0 Å². The fraction of sp³-hybridized carbons (Fsp3) is 0.647. The summed E-state index contributed by atoms with van der Waals surface area (Å²) in [5.41, 5.74) is 2.71. The molecule has 1 fully saturated rings. The van der Waals surface area contributed by atoms with Crippen LogP contribution in [0.2, 0.25) is 0 Å². The van der Waals surface area contributed by atoms with Crippen LogP contribution in [0.4, 0.5) is 0 Å². The molecular weight excluding hydrogens is 276 g/mol. The number of nitrogens with one attached hydrogen (secondary N) is 2. The molecule has 1 aromatic rings. The maximum Gasteiger partial charge on any atom is 0.253 e. The van der Waals surface area contributed by atoms with Crippen molar-refractivity contribution in [3.8, 4) is 0 Å². The zero-order valence-corrected chi connectivity index (χ0v) is 14.0. The molecule has 2 heterocycles. The predicted octanol–water partition coefficient (Wildman–Crippen LogP) is 1.54. The minimum Gasteiger partial charge on any atom is -0.352 e. The summed E-state index contributed by atoms with van der Waals surface area (Å²) in [6.07, 6.45) is 3.06. The molecule has 22 heavy (non-hydrogen) atoms. The van der Waals surface area contributed by atoms with Gasteiger partial charge in [0, 0.05) is 18.2 Å². The first-order chi connectivity index (χ1) is 10.6. The van der Waals surface area contributed by atoms with Crippen LogP contribution in [0.15, 0.2) is 12.1 Å². The van der Waals surface area contributed by atoms with E-state index in [1.165, 1.54) is 0 Å². The highest BCUT2D eigenvalue weighted by Crippen LogP contribution is 2.26. The van der Waals surface area contributed by atoms with Gasteiger partial charge in [-0.1, -0.05) is 0 Å². The summed E-state index contributed by atoms with van der Waals surface area (Å²) < 4.78 is 0. The molecule has 0 atom stereocenters. The maximum atomic E-state index is 12.5. The highest BCUT2D eigenvalue weighted by molar-refractivity contribution is 5.95. The third-order valence-corrected chi connectivity index (χ3v) is 4.10. The van der Waals surface area contributed by atoms with Crippen LogP contribution in [0.3, 0.4) is 0 Å². The van der Waals surface area contributed by atoms with E-state index in [-0.39, 0.29) is 5.91 Å². The Bertz CT molecular complexity index is 495. The topological polar surface area (TPSA) is 57.3 Å². The molecule has 0 aliphatic carbocycles. The van der Waals surface area contributed by atoms with Gasteiger partial charge in [-0.15, -0.1) is 0 Å². The minimum absolute atomic E-state index is 0.0137. The number of hydrogen-bond acceptors (Lipinski definition) is 4. The smallest absolute Gasteiger partial charge is 0.253 e. The lowest BCUT2D eigenvalue weighted by atomic mass is 9.90. The molecule has 0 bridgehead atoms. The van der Waals surface area contributed by atoms with Crippen LogP contribution < -0.4 is 10.6 Å². The molecule has 122 valence electrons. The molecule has 0 aromatic carbocycles. The van der Waals surface area contributed by atoms with E-state index in [1.54, 1.807) is 0 Å². The number of carbonyl (C=O) groups excluding carboxylic acids is 1. The molecule has 5 nitrogen and oxygen atoms in total. The fourth-order valence-corrected chi connectivity index (χ4v) is 2.87. The van der Waals surface area contributed by atoms with E-state index >= 15 is 0 Å². The zero-order valence-electron chi connectivity index (χ0n) is 14.0. The van der Waals surface area contributed by atoms with E-state index in [9.17, 15) is 4.79 Å². The Morgan fingerprint density at radius 1 is 1.36 bits per heavy atom. The summed E-state index contributed by atoms with van der Waals surface area (Å²) in [6, 6.07) is 3.86. The largest absolute Gasteiger partial charge is 0.352 e. The Hall–Kier alpha value is -1.46. The molecular formula is C17H28N4O. The molecule has 1 aliphatic heterocycles. The summed E-state index contributed by atoms with van der Waals surface area (Å²) in [5, 5.41) is 6.40. The van der Waals surface area contributed by atoms with Crippen LogP contribution >= 0.6 is 0 Å². The number of piperidine rings is 1. The molecule has 2 N–H and O–H groups in total. The van der Waals surface area contributed by atoms with Gasteiger partial charge in [0.25, 0.3) is 5.91 Å². The number of rotatable bonds is 6. The third kappa shape index (κ3) is 4.78. The number of aromatic nitrogens is 1. The molecule has 5 heteroatoms. The van der Waals surface area contributed by atoms with Crippen molar-refractivity contribution in [3.63, 3.8) is 0 Å². The van der Waals surface area contributed by atoms with E-state index < -0.39 is 0 Å². The lowest BCUT2D eigenvalue weighted by Crippen LogP contribution is -2.31. The summed E-state index contributed by atoms with van der Waals surface area (Å²) in [5.74, 6) is 0.406. The second kappa shape index (κ2) is 8.25. The van der Waals surface area contributed by atoms with Crippen molar-refractivity contribution < 1.29 is 4.79 Å². The van der Waals surface area contributed by atoms with Crippen LogP contribution in [0.1, 0.15) is 46.9 Å². The van der Waals surface area contributed by atoms with Gasteiger partial charge in [0.05, 0.1) is 11.3 Å². The highest BCUT2D eigenvalue weighted by atomic mass is 16.1. The lowest BCUT2D eigenvalue weighted by molar-refractivity contribution is 0.0950. The molecule has 1 aliphatic rings. The Morgan fingerprint density at radius 3 is 2.77 bits per heavy atom. The first kappa shape index (κ1) is 16.9. The van der Waals surface area contributed by atoms with E-state index in [1.807, 2.05) is 33.2 Å². The van der Waals surface area contributed by atoms with Crippen molar-refractivity contribution in [2.24, 2.45) is 0 Å². The van der Waals surface area contributed by atoms with Crippen LogP contribution in [0, 0.1) is 6.92 Å². The summed E-state index contributed by atoms with van der Waals surface area (Å²) >= 11 is 0. The van der Waals surface area contributed by atoms with E-state index in [2.05, 4.69) is 20.5 Å². The van der Waals surface area contributed by atoms with Gasteiger partial charge >= 0.3 is 0 Å². The summed E-state index contributed by atoms with van der Waals surface area (Å²) in [6.45, 7) is 5.68. The van der Waals surface area contributed by atoms with Gasteiger partial charge in [0.1, 0.15) is 0 Å². The Labute approximate surface area is 133 Å². The van der Waals surface area contributed by atoms with Gasteiger partial charge in [-0.3, -0.25) is 9.78 Å². The SMILES string of the molecule is Cc1ccc(C(=O)NCCCN(C)C)c(C2CCNCC2)n1. The summed E-state index contributed by atoms with van der Waals surface area (Å²) in [4.78, 5) is 19.3. The van der Waals surface area contributed by atoms with Gasteiger partial charge in [-0.25, -0.2) is 0 Å². The molecule has 0 unspecified atom stereocenters. The molecule has 1 saturated heterocycles. The number of aryl methyl sites for hydroxylation is 1. The quantitative estimate of drug-likeness (QED) is 0.783. The highest BCUT2D eigenvalue weighted by Gasteiger charge is 2.22. The molecule has 0 spiro atoms. The van der Waals surface area contributed by atoms with Crippen LogP contribution in [-0.4, -0.2) is 56.1 Å². The lowest BCUT2D eigenvalue weighted by Gasteiger charge is -2.24. The Morgan fingerprint density at radius 2 is 2.09 bits per heavy atom. The normalized spacial score (nSPS) is 16.0. The van der Waals surface area contributed by atoms with Crippen molar-refractivity contribution >= 4 is 5.91 Å². The van der Waals surface area contributed by atoms with E-state index in [0.29, 0.717) is 12.5 Å². The maximum absolute atomic E-state index is 12.5. The van der Waals surface area contributed by atoms with Crippen molar-refractivity contribution in [1.82, 2.24) is 20.5 Å². The van der Waals surface area contributed by atoms with Crippen LogP contribution in [-0.2, 0) is 0 Å². The molecule has 1 aromatic heterocycles. The zero-order chi connectivity index (χ0) is 15.9. The van der Waals surface area contributed by atoms with Crippen molar-refractivity contribution in [1.29, 1.82) is 0 Å². The number of hydrogen-bond donors (Lipinski definition) is 2. The second-order valence-corrected chi connectivity index (χ2v) is 6.32. The predicted molar refractivity (Wildman–Crippen MR) is 89.3 cm³/mol. The van der Waals surface area contributed by atoms with E-state index in [0.717, 1.165) is 55.8 Å². The average Bonchev–Trinajstić information content (AvgIpc) is 2.52. The van der Waals surface area contributed by atoms with Crippen molar-refractivity contribution in [2.45, 2.75) is 32.1 Å². The standard InChI is InChI=1S/C17H28N4O/c1-13-5-6-15(17(22)19-9-4-12-21(2)3)16(20-13)14-7-10-18-11-8-14/h5-6,14,18H,4,7-12H2,1-3H3,(H,19,22). The average molecular weight is 304 g/mol. The first-order valence-electron chi connectivity index (χ1n) is 8.19. The minimum atomic E-state index is 0.0137. The second-order valence-electron chi connectivity index (χ2n) is 6.32. The number of nitrogens with zero attached hydrogens (tertiary/aromatic N) is 2. The van der Waals surface area contributed by atoms with Gasteiger partial charge in [0.15, 0.2) is 0 Å². The molecule has 1 amide bonds. The van der Waals surface area contributed by atoms with Gasteiger partial charge in [-0.2, -0.15) is 0 Å². The fourth-order valence-electron chi connectivity index (χ4n) is 2.87. The first-order valence-corrected chi connectivity index (χ1v) is 8.19. The Kier molecular flexibility index (Phi) is 6.34. The van der Waals surface area contributed by atoms with Crippen LogP contribution in [0.5, 0.6) is 0 Å². The monoisotopic (exact) mass is 304 g/mol. The van der Waals surface area contributed by atoms with Gasteiger partial charge in [0.2, 0.25) is 0 Å². The van der Waals surface area contributed by atoms with Crippen LogP contribution in [0.25, 0.3) is 0 Å². The van der Waals surface area contributed by atoms with Crippen molar-refractivity contribution in [2.75, 3.05) is 40.3 Å². The summed E-state index contributed by atoms with van der Waals surface area (Å²) in [7, 11) is 4.09. The van der Waals surface area contributed by atoms with Crippen molar-refractivity contribution in [3.05, 3.63) is 29.1 Å². The van der Waals surface area contributed by atoms with Gasteiger partial charge < -0.3 is 15.5 Å². The molecule has 2 rings (SSSR count). The third-order valence-electron chi connectivity index (χ3n) is 4.10. The molecule has 0 radical (unpaired) electrons. The number of pyridine rings is 1. The molecule has 0 saturated carbocycles. The Balaban J connectivity index is 2.03. The number of amides is 1.